The summed E-state index contributed by atoms with van der Waals surface area (Å²) in [5.74, 6) is 3.02. The first kappa shape index (κ1) is 18.6. The van der Waals surface area contributed by atoms with Gasteiger partial charge in [-0.15, -0.1) is 0 Å². The number of likely N-dealkylation sites (tertiary alicyclic amines) is 1. The van der Waals surface area contributed by atoms with Gasteiger partial charge in [-0.2, -0.15) is 0 Å². The summed E-state index contributed by atoms with van der Waals surface area (Å²) in [6.45, 7) is 8.66. The van der Waals surface area contributed by atoms with Crippen LogP contribution < -0.4 is 10.1 Å². The van der Waals surface area contributed by atoms with Gasteiger partial charge in [-0.1, -0.05) is 26.0 Å². The number of methoxy groups -OCH3 is 1. The summed E-state index contributed by atoms with van der Waals surface area (Å²) in [5, 5.41) is 3.46. The van der Waals surface area contributed by atoms with Gasteiger partial charge in [0.05, 0.1) is 13.2 Å². The molecule has 0 aliphatic carbocycles. The second kappa shape index (κ2) is 9.52. The van der Waals surface area contributed by atoms with Crippen LogP contribution in [0.5, 0.6) is 5.75 Å². The van der Waals surface area contributed by atoms with Crippen LogP contribution in [0, 0.1) is 11.8 Å². The molecule has 0 bridgehead atoms. The molecular formula is C19H31N3O2. The van der Waals surface area contributed by atoms with E-state index in [1.165, 1.54) is 5.56 Å². The number of rotatable bonds is 7. The van der Waals surface area contributed by atoms with Crippen molar-refractivity contribution in [2.75, 3.05) is 40.5 Å². The van der Waals surface area contributed by atoms with Gasteiger partial charge >= 0.3 is 0 Å². The third kappa shape index (κ3) is 5.71. The zero-order valence-corrected chi connectivity index (χ0v) is 15.4. The number of hydrogen-bond donors (Lipinski definition) is 1. The van der Waals surface area contributed by atoms with Crippen molar-refractivity contribution in [3.05, 3.63) is 29.8 Å². The van der Waals surface area contributed by atoms with Gasteiger partial charge < -0.3 is 19.7 Å². The maximum absolute atomic E-state index is 5.80. The Labute approximate surface area is 146 Å². The van der Waals surface area contributed by atoms with Crippen LogP contribution in [0.1, 0.15) is 25.8 Å². The van der Waals surface area contributed by atoms with Crippen molar-refractivity contribution in [1.82, 2.24) is 10.2 Å². The van der Waals surface area contributed by atoms with Gasteiger partial charge in [0.15, 0.2) is 5.96 Å². The normalized spacial score (nSPS) is 18.3. The smallest absolute Gasteiger partial charge is 0.193 e. The Morgan fingerprint density at radius 2 is 2.25 bits per heavy atom. The predicted molar refractivity (Wildman–Crippen MR) is 98.5 cm³/mol. The largest absolute Gasteiger partial charge is 0.493 e. The highest BCUT2D eigenvalue weighted by Crippen LogP contribution is 2.17. The molecule has 1 aromatic carbocycles. The lowest BCUT2D eigenvalue weighted by Crippen LogP contribution is -2.39. The molecule has 1 atom stereocenters. The van der Waals surface area contributed by atoms with Gasteiger partial charge in [-0.25, -0.2) is 0 Å². The average Bonchev–Trinajstić information content (AvgIpc) is 3.03. The molecule has 0 saturated carbocycles. The molecule has 24 heavy (non-hydrogen) atoms. The Balaban J connectivity index is 1.86. The zero-order chi connectivity index (χ0) is 17.4. The third-order valence-corrected chi connectivity index (χ3v) is 4.13. The minimum Gasteiger partial charge on any atom is -0.493 e. The summed E-state index contributed by atoms with van der Waals surface area (Å²) in [5.41, 5.74) is 1.20. The lowest BCUT2D eigenvalue weighted by Gasteiger charge is -2.22. The highest BCUT2D eigenvalue weighted by atomic mass is 16.5. The van der Waals surface area contributed by atoms with Crippen LogP contribution in [0.4, 0.5) is 0 Å². The van der Waals surface area contributed by atoms with E-state index in [1.807, 2.05) is 19.2 Å². The maximum atomic E-state index is 5.80. The monoisotopic (exact) mass is 333 g/mol. The molecule has 1 heterocycles. The molecule has 0 spiro atoms. The first-order chi connectivity index (χ1) is 11.6. The fourth-order valence-electron chi connectivity index (χ4n) is 2.92. The zero-order valence-electron chi connectivity index (χ0n) is 15.4. The summed E-state index contributed by atoms with van der Waals surface area (Å²) >= 11 is 0. The van der Waals surface area contributed by atoms with Gasteiger partial charge in [-0.05, 0) is 30.0 Å². The minimum atomic E-state index is 0.529. The van der Waals surface area contributed by atoms with Crippen molar-refractivity contribution in [2.24, 2.45) is 16.8 Å². The molecule has 5 heteroatoms. The van der Waals surface area contributed by atoms with Crippen LogP contribution in [0.2, 0.25) is 0 Å². The number of guanidine groups is 1. The number of ether oxygens (including phenoxy) is 2. The van der Waals surface area contributed by atoms with Gasteiger partial charge in [-0.3, -0.25) is 4.99 Å². The number of aliphatic imine (C=N–C) groups is 1. The van der Waals surface area contributed by atoms with E-state index in [1.54, 1.807) is 7.11 Å². The van der Waals surface area contributed by atoms with Gasteiger partial charge in [0.25, 0.3) is 0 Å². The van der Waals surface area contributed by atoms with E-state index in [2.05, 4.69) is 41.2 Å². The van der Waals surface area contributed by atoms with E-state index in [9.17, 15) is 0 Å². The first-order valence-corrected chi connectivity index (χ1v) is 8.78. The molecule has 1 aliphatic heterocycles. The molecule has 1 fully saturated rings. The van der Waals surface area contributed by atoms with Gasteiger partial charge in [0.1, 0.15) is 5.75 Å². The fraction of sp³-hybridized carbons (Fsp3) is 0.632. The minimum absolute atomic E-state index is 0.529. The van der Waals surface area contributed by atoms with Crippen molar-refractivity contribution in [1.29, 1.82) is 0 Å². The molecule has 1 N–H and O–H groups in total. The molecule has 1 saturated heterocycles. The van der Waals surface area contributed by atoms with Crippen LogP contribution in [-0.4, -0.2) is 51.3 Å². The molecular weight excluding hydrogens is 302 g/mol. The SMILES string of the molecule is CN=C(NCc1cccc(OCC(C)C)c1)N1CCC(COC)C1. The standard InChI is InChI=1S/C19H31N3O2/c1-15(2)13-24-18-7-5-6-16(10-18)11-21-19(20-3)22-9-8-17(12-22)14-23-4/h5-7,10,15,17H,8-9,11-14H2,1-4H3,(H,20,21). The summed E-state index contributed by atoms with van der Waals surface area (Å²) in [7, 11) is 3.61. The third-order valence-electron chi connectivity index (χ3n) is 4.13. The molecule has 5 nitrogen and oxygen atoms in total. The second-order valence-electron chi connectivity index (χ2n) is 6.81. The topological polar surface area (TPSA) is 46.1 Å². The van der Waals surface area contributed by atoms with Crippen LogP contribution in [0.3, 0.4) is 0 Å². The molecule has 0 radical (unpaired) electrons. The Kier molecular flexibility index (Phi) is 7.37. The maximum Gasteiger partial charge on any atom is 0.193 e. The molecule has 1 aliphatic rings. The molecule has 1 aromatic rings. The molecule has 1 unspecified atom stereocenters. The van der Waals surface area contributed by atoms with Crippen molar-refractivity contribution >= 4 is 5.96 Å². The van der Waals surface area contributed by atoms with E-state index >= 15 is 0 Å². The lowest BCUT2D eigenvalue weighted by molar-refractivity contribution is 0.157. The lowest BCUT2D eigenvalue weighted by atomic mass is 10.1. The highest BCUT2D eigenvalue weighted by Gasteiger charge is 2.24. The van der Waals surface area contributed by atoms with Crippen LogP contribution in [0.15, 0.2) is 29.3 Å². The average molecular weight is 333 g/mol. The van der Waals surface area contributed by atoms with Crippen LogP contribution in [0.25, 0.3) is 0 Å². The number of hydrogen-bond acceptors (Lipinski definition) is 3. The van der Waals surface area contributed by atoms with Gasteiger partial charge in [0.2, 0.25) is 0 Å². The Morgan fingerprint density at radius 1 is 1.42 bits per heavy atom. The van der Waals surface area contributed by atoms with E-state index in [-0.39, 0.29) is 0 Å². The van der Waals surface area contributed by atoms with E-state index in [0.717, 1.165) is 51.0 Å². The summed E-state index contributed by atoms with van der Waals surface area (Å²) in [4.78, 5) is 6.73. The quantitative estimate of drug-likeness (QED) is 0.616. The summed E-state index contributed by atoms with van der Waals surface area (Å²) in [6.07, 6.45) is 1.16. The molecule has 0 amide bonds. The van der Waals surface area contributed by atoms with Gasteiger partial charge in [0, 0.05) is 39.7 Å². The second-order valence-corrected chi connectivity index (χ2v) is 6.81. The first-order valence-electron chi connectivity index (χ1n) is 8.78. The molecule has 2 rings (SSSR count). The van der Waals surface area contributed by atoms with E-state index in [4.69, 9.17) is 9.47 Å². The van der Waals surface area contributed by atoms with E-state index < -0.39 is 0 Å². The van der Waals surface area contributed by atoms with Crippen LogP contribution in [-0.2, 0) is 11.3 Å². The number of benzene rings is 1. The van der Waals surface area contributed by atoms with Crippen molar-refractivity contribution in [2.45, 2.75) is 26.8 Å². The Morgan fingerprint density at radius 3 is 2.96 bits per heavy atom. The summed E-state index contributed by atoms with van der Waals surface area (Å²) < 4.78 is 11.1. The summed E-state index contributed by atoms with van der Waals surface area (Å²) in [6, 6.07) is 8.26. The van der Waals surface area contributed by atoms with Crippen molar-refractivity contribution in [3.8, 4) is 5.75 Å². The highest BCUT2D eigenvalue weighted by molar-refractivity contribution is 5.80. The molecule has 0 aromatic heterocycles. The van der Waals surface area contributed by atoms with E-state index in [0.29, 0.717) is 11.8 Å². The van der Waals surface area contributed by atoms with Crippen molar-refractivity contribution in [3.63, 3.8) is 0 Å². The number of nitrogens with zero attached hydrogens (tertiary/aromatic N) is 2. The fourth-order valence-corrected chi connectivity index (χ4v) is 2.92. The number of nitrogens with one attached hydrogen (secondary N) is 1. The molecule has 134 valence electrons. The predicted octanol–water partition coefficient (Wildman–Crippen LogP) is 2.77. The Hall–Kier alpha value is -1.75. The van der Waals surface area contributed by atoms with Crippen molar-refractivity contribution < 1.29 is 9.47 Å². The Bertz CT molecular complexity index is 531. The van der Waals surface area contributed by atoms with Crippen LogP contribution >= 0.6 is 0 Å².